The largest absolute Gasteiger partial charge is 0.378 e. The number of piperazine rings is 1. The number of ether oxygens (including phenoxy) is 1. The summed E-state index contributed by atoms with van der Waals surface area (Å²) < 4.78 is 5.43. The molecule has 2 saturated heterocycles. The van der Waals surface area contributed by atoms with Gasteiger partial charge in [0.15, 0.2) is 0 Å². The van der Waals surface area contributed by atoms with Gasteiger partial charge in [0.2, 0.25) is 11.8 Å². The molecule has 0 spiro atoms. The second kappa shape index (κ2) is 8.26. The first-order chi connectivity index (χ1) is 12.7. The van der Waals surface area contributed by atoms with Crippen molar-refractivity contribution in [1.29, 1.82) is 0 Å². The Morgan fingerprint density at radius 3 is 2.00 bits per heavy atom. The van der Waals surface area contributed by atoms with Gasteiger partial charge in [-0.1, -0.05) is 19.3 Å². The summed E-state index contributed by atoms with van der Waals surface area (Å²) in [4.78, 5) is 32.3. The number of hydrogen-bond acceptors (Lipinski definition) is 4. The minimum atomic E-state index is 0.0107. The third kappa shape index (κ3) is 3.77. The normalized spacial score (nSPS) is 27.4. The summed E-state index contributed by atoms with van der Waals surface area (Å²) in [6.45, 7) is 6.03. The maximum absolute atomic E-state index is 13.3. The SMILES string of the molecule is O=C(C1CCC1)N1CCN([C@H](C(=O)N2CCOCC2)C2CCCC2)CC1. The number of nitrogens with zero attached hydrogens (tertiary/aromatic N) is 3. The Bertz CT molecular complexity index is 502. The molecule has 0 aromatic carbocycles. The molecule has 0 aromatic heterocycles. The summed E-state index contributed by atoms with van der Waals surface area (Å²) in [5.41, 5.74) is 0. The number of hydrogen-bond donors (Lipinski definition) is 0. The van der Waals surface area contributed by atoms with E-state index in [1.165, 1.54) is 32.1 Å². The number of morpholine rings is 1. The number of amides is 2. The monoisotopic (exact) mass is 363 g/mol. The molecule has 0 radical (unpaired) electrons. The predicted octanol–water partition coefficient (Wildman–Crippen LogP) is 1.35. The fraction of sp³-hybridized carbons (Fsp3) is 0.900. The van der Waals surface area contributed by atoms with E-state index in [0.717, 1.165) is 52.1 Å². The molecule has 2 saturated carbocycles. The molecule has 4 fully saturated rings. The van der Waals surface area contributed by atoms with Gasteiger partial charge in [0.05, 0.1) is 19.3 Å². The van der Waals surface area contributed by atoms with Crippen molar-refractivity contribution < 1.29 is 14.3 Å². The van der Waals surface area contributed by atoms with Crippen molar-refractivity contribution in [3.05, 3.63) is 0 Å². The fourth-order valence-corrected chi connectivity index (χ4v) is 5.03. The Labute approximate surface area is 156 Å². The number of rotatable bonds is 4. The van der Waals surface area contributed by atoms with Gasteiger partial charge in [0, 0.05) is 45.2 Å². The van der Waals surface area contributed by atoms with E-state index in [1.54, 1.807) is 0 Å². The van der Waals surface area contributed by atoms with Crippen molar-refractivity contribution in [3.63, 3.8) is 0 Å². The highest BCUT2D eigenvalue weighted by Gasteiger charge is 2.40. The van der Waals surface area contributed by atoms with Gasteiger partial charge < -0.3 is 14.5 Å². The molecule has 146 valence electrons. The summed E-state index contributed by atoms with van der Waals surface area (Å²) in [6, 6.07) is 0.0107. The van der Waals surface area contributed by atoms with Crippen molar-refractivity contribution in [2.45, 2.75) is 51.0 Å². The van der Waals surface area contributed by atoms with Crippen molar-refractivity contribution in [2.24, 2.45) is 11.8 Å². The third-order valence-electron chi connectivity index (χ3n) is 6.90. The molecule has 4 rings (SSSR count). The van der Waals surface area contributed by atoms with E-state index >= 15 is 0 Å². The fourth-order valence-electron chi connectivity index (χ4n) is 5.03. The van der Waals surface area contributed by atoms with Crippen molar-refractivity contribution >= 4 is 11.8 Å². The lowest BCUT2D eigenvalue weighted by molar-refractivity contribution is -0.146. The van der Waals surface area contributed by atoms with Crippen LogP contribution in [0.1, 0.15) is 44.9 Å². The van der Waals surface area contributed by atoms with Crippen LogP contribution < -0.4 is 0 Å². The van der Waals surface area contributed by atoms with E-state index in [-0.39, 0.29) is 12.0 Å². The molecule has 26 heavy (non-hydrogen) atoms. The van der Waals surface area contributed by atoms with Gasteiger partial charge >= 0.3 is 0 Å². The zero-order valence-electron chi connectivity index (χ0n) is 15.9. The van der Waals surface area contributed by atoms with Gasteiger partial charge in [-0.2, -0.15) is 0 Å². The molecule has 6 nitrogen and oxygen atoms in total. The maximum Gasteiger partial charge on any atom is 0.240 e. The summed E-state index contributed by atoms with van der Waals surface area (Å²) in [6.07, 6.45) is 8.17. The van der Waals surface area contributed by atoms with Crippen LogP contribution in [0.3, 0.4) is 0 Å². The average Bonchev–Trinajstić information content (AvgIpc) is 3.16. The molecule has 4 aliphatic rings. The van der Waals surface area contributed by atoms with Crippen LogP contribution in [0, 0.1) is 11.8 Å². The van der Waals surface area contributed by atoms with Gasteiger partial charge in [-0.25, -0.2) is 0 Å². The third-order valence-corrected chi connectivity index (χ3v) is 6.90. The van der Waals surface area contributed by atoms with Crippen LogP contribution in [0.4, 0.5) is 0 Å². The molecule has 0 aromatic rings. The molecule has 2 amide bonds. The maximum atomic E-state index is 13.3. The van der Waals surface area contributed by atoms with Gasteiger partial charge in [-0.05, 0) is 31.6 Å². The van der Waals surface area contributed by atoms with Crippen LogP contribution in [0.25, 0.3) is 0 Å². The van der Waals surface area contributed by atoms with E-state index in [9.17, 15) is 9.59 Å². The topological polar surface area (TPSA) is 53.1 Å². The number of carbonyl (C=O) groups is 2. The second-order valence-corrected chi connectivity index (χ2v) is 8.42. The lowest BCUT2D eigenvalue weighted by Crippen LogP contribution is -2.60. The lowest BCUT2D eigenvalue weighted by atomic mass is 9.84. The smallest absolute Gasteiger partial charge is 0.240 e. The van der Waals surface area contributed by atoms with Crippen LogP contribution in [0.15, 0.2) is 0 Å². The summed E-state index contributed by atoms with van der Waals surface area (Å²) in [5.74, 6) is 1.42. The van der Waals surface area contributed by atoms with Crippen LogP contribution in [-0.2, 0) is 14.3 Å². The highest BCUT2D eigenvalue weighted by molar-refractivity contribution is 5.83. The first-order valence-electron chi connectivity index (χ1n) is 10.6. The Morgan fingerprint density at radius 2 is 1.42 bits per heavy atom. The quantitative estimate of drug-likeness (QED) is 0.757. The van der Waals surface area contributed by atoms with E-state index < -0.39 is 0 Å². The molecule has 2 heterocycles. The predicted molar refractivity (Wildman–Crippen MR) is 98.6 cm³/mol. The summed E-state index contributed by atoms with van der Waals surface area (Å²) >= 11 is 0. The first-order valence-corrected chi connectivity index (χ1v) is 10.6. The molecule has 0 bridgehead atoms. The summed E-state index contributed by atoms with van der Waals surface area (Å²) in [5, 5.41) is 0. The highest BCUT2D eigenvalue weighted by atomic mass is 16.5. The highest BCUT2D eigenvalue weighted by Crippen LogP contribution is 2.33. The summed E-state index contributed by atoms with van der Waals surface area (Å²) in [7, 11) is 0. The van der Waals surface area contributed by atoms with Crippen LogP contribution >= 0.6 is 0 Å². The van der Waals surface area contributed by atoms with Crippen molar-refractivity contribution in [2.75, 3.05) is 52.5 Å². The molecular weight excluding hydrogens is 330 g/mol. The molecule has 2 aliphatic heterocycles. The van der Waals surface area contributed by atoms with Crippen LogP contribution in [0.2, 0.25) is 0 Å². The molecule has 2 aliphatic carbocycles. The first kappa shape index (κ1) is 18.2. The van der Waals surface area contributed by atoms with Crippen molar-refractivity contribution in [1.82, 2.24) is 14.7 Å². The molecule has 0 N–H and O–H groups in total. The second-order valence-electron chi connectivity index (χ2n) is 8.42. The van der Waals surface area contributed by atoms with E-state index in [4.69, 9.17) is 4.74 Å². The number of carbonyl (C=O) groups excluding carboxylic acids is 2. The molecular formula is C20H33N3O3. The van der Waals surface area contributed by atoms with Crippen molar-refractivity contribution in [3.8, 4) is 0 Å². The van der Waals surface area contributed by atoms with Gasteiger partial charge in [-0.15, -0.1) is 0 Å². The van der Waals surface area contributed by atoms with Crippen LogP contribution in [-0.4, -0.2) is 85.0 Å². The Kier molecular flexibility index (Phi) is 5.79. The Balaban J connectivity index is 1.39. The van der Waals surface area contributed by atoms with E-state index in [0.29, 0.717) is 30.9 Å². The van der Waals surface area contributed by atoms with Gasteiger partial charge in [0.25, 0.3) is 0 Å². The minimum absolute atomic E-state index is 0.0107. The molecule has 0 unspecified atom stereocenters. The zero-order valence-corrected chi connectivity index (χ0v) is 15.9. The molecule has 6 heteroatoms. The Morgan fingerprint density at radius 1 is 0.769 bits per heavy atom. The average molecular weight is 364 g/mol. The molecule has 1 atom stereocenters. The van der Waals surface area contributed by atoms with Gasteiger partial charge in [0.1, 0.15) is 0 Å². The standard InChI is InChI=1S/C20H33N3O3/c24-19(17-6-3-7-17)22-10-8-21(9-11-22)18(16-4-1-2-5-16)20(25)23-12-14-26-15-13-23/h16-18H,1-15H2/t18-/m0/s1. The van der Waals surface area contributed by atoms with Gasteiger partial charge in [-0.3, -0.25) is 14.5 Å². The minimum Gasteiger partial charge on any atom is -0.378 e. The Hall–Kier alpha value is -1.14. The van der Waals surface area contributed by atoms with E-state index in [2.05, 4.69) is 4.90 Å². The zero-order chi connectivity index (χ0) is 17.9. The lowest BCUT2D eigenvalue weighted by Gasteiger charge is -2.44. The van der Waals surface area contributed by atoms with Crippen LogP contribution in [0.5, 0.6) is 0 Å². The van der Waals surface area contributed by atoms with E-state index in [1.807, 2.05) is 9.80 Å².